The molecule has 1 aliphatic rings. The van der Waals surface area contributed by atoms with Gasteiger partial charge in [0.05, 0.1) is 5.56 Å². The van der Waals surface area contributed by atoms with Crippen LogP contribution < -0.4 is 10.2 Å². The minimum absolute atomic E-state index is 0.247. The molecule has 2 heterocycles. The third-order valence-electron chi connectivity index (χ3n) is 3.96. The summed E-state index contributed by atoms with van der Waals surface area (Å²) < 4.78 is 0. The van der Waals surface area contributed by atoms with Gasteiger partial charge in [0.2, 0.25) is 0 Å². The highest BCUT2D eigenvalue weighted by Gasteiger charge is 2.12. The molecule has 0 radical (unpaired) electrons. The number of carboxylic acid groups (broad SMARTS) is 1. The van der Waals surface area contributed by atoms with Crippen molar-refractivity contribution in [3.8, 4) is 0 Å². The zero-order chi connectivity index (χ0) is 16.1. The molecule has 1 fully saturated rings. The Morgan fingerprint density at radius 1 is 1.09 bits per heavy atom. The first-order chi connectivity index (χ1) is 11.2. The van der Waals surface area contributed by atoms with Gasteiger partial charge in [-0.25, -0.2) is 14.8 Å². The lowest BCUT2D eigenvalue weighted by atomic mass is 10.2. The van der Waals surface area contributed by atoms with Crippen molar-refractivity contribution in [2.45, 2.75) is 25.7 Å². The quantitative estimate of drug-likeness (QED) is 0.902. The predicted octanol–water partition coefficient (Wildman–Crippen LogP) is 3.30. The molecule has 0 spiro atoms. The van der Waals surface area contributed by atoms with Gasteiger partial charge in [0.1, 0.15) is 18.0 Å². The van der Waals surface area contributed by atoms with Crippen molar-refractivity contribution in [2.75, 3.05) is 23.3 Å². The molecule has 3 rings (SSSR count). The van der Waals surface area contributed by atoms with E-state index in [1.54, 1.807) is 24.5 Å². The second-order valence-corrected chi connectivity index (χ2v) is 5.67. The Kier molecular flexibility index (Phi) is 4.71. The van der Waals surface area contributed by atoms with E-state index in [4.69, 9.17) is 5.11 Å². The second kappa shape index (κ2) is 7.09. The number of aromatic carboxylic acids is 1. The average molecular weight is 312 g/mol. The number of hydrogen-bond acceptors (Lipinski definition) is 5. The summed E-state index contributed by atoms with van der Waals surface area (Å²) in [6.45, 7) is 2.04. The zero-order valence-corrected chi connectivity index (χ0v) is 12.9. The van der Waals surface area contributed by atoms with E-state index < -0.39 is 5.97 Å². The first-order valence-electron chi connectivity index (χ1n) is 7.90. The van der Waals surface area contributed by atoms with E-state index in [9.17, 15) is 4.79 Å². The standard InChI is InChI=1S/C17H20N4O2/c22-17(23)13-6-5-7-14(10-13)20-15-11-16(19-12-18-15)21-8-3-1-2-4-9-21/h5-7,10-12H,1-4,8-9H2,(H,22,23)(H,18,19,20). The Morgan fingerprint density at radius 2 is 1.87 bits per heavy atom. The third-order valence-corrected chi connectivity index (χ3v) is 3.96. The molecule has 2 N–H and O–H groups in total. The van der Waals surface area contributed by atoms with Gasteiger partial charge < -0.3 is 15.3 Å². The van der Waals surface area contributed by atoms with Gasteiger partial charge >= 0.3 is 5.97 Å². The van der Waals surface area contributed by atoms with E-state index in [-0.39, 0.29) is 5.56 Å². The summed E-state index contributed by atoms with van der Waals surface area (Å²) in [5.41, 5.74) is 0.946. The van der Waals surface area contributed by atoms with Crippen LogP contribution in [0.2, 0.25) is 0 Å². The van der Waals surface area contributed by atoms with E-state index in [0.29, 0.717) is 11.5 Å². The molecule has 1 aliphatic heterocycles. The zero-order valence-electron chi connectivity index (χ0n) is 12.9. The summed E-state index contributed by atoms with van der Waals surface area (Å²) in [7, 11) is 0. The van der Waals surface area contributed by atoms with Crippen molar-refractivity contribution >= 4 is 23.3 Å². The molecule has 120 valence electrons. The van der Waals surface area contributed by atoms with Gasteiger partial charge in [-0.2, -0.15) is 0 Å². The van der Waals surface area contributed by atoms with Crippen molar-refractivity contribution in [3.63, 3.8) is 0 Å². The molecular weight excluding hydrogens is 292 g/mol. The molecule has 0 saturated carbocycles. The van der Waals surface area contributed by atoms with Crippen LogP contribution in [0.25, 0.3) is 0 Å². The van der Waals surface area contributed by atoms with Crippen molar-refractivity contribution in [3.05, 3.63) is 42.2 Å². The molecule has 1 aromatic heterocycles. The second-order valence-electron chi connectivity index (χ2n) is 5.67. The molecule has 0 amide bonds. The maximum absolute atomic E-state index is 11.0. The van der Waals surface area contributed by atoms with Crippen LogP contribution in [-0.2, 0) is 0 Å². The first kappa shape index (κ1) is 15.3. The predicted molar refractivity (Wildman–Crippen MR) is 89.4 cm³/mol. The van der Waals surface area contributed by atoms with Crippen LogP contribution in [0.1, 0.15) is 36.0 Å². The summed E-state index contributed by atoms with van der Waals surface area (Å²) in [6.07, 6.45) is 6.47. The van der Waals surface area contributed by atoms with Gasteiger partial charge in [-0.3, -0.25) is 0 Å². The molecule has 6 heteroatoms. The molecule has 1 aromatic carbocycles. The fourth-order valence-corrected chi connectivity index (χ4v) is 2.77. The van der Waals surface area contributed by atoms with Crippen molar-refractivity contribution in [1.29, 1.82) is 0 Å². The number of carboxylic acids is 1. The first-order valence-corrected chi connectivity index (χ1v) is 7.90. The number of benzene rings is 1. The van der Waals surface area contributed by atoms with Gasteiger partial charge in [-0.15, -0.1) is 0 Å². The molecule has 23 heavy (non-hydrogen) atoms. The lowest BCUT2D eigenvalue weighted by molar-refractivity contribution is 0.0697. The van der Waals surface area contributed by atoms with Crippen molar-refractivity contribution in [2.24, 2.45) is 0 Å². The van der Waals surface area contributed by atoms with Crippen LogP contribution in [-0.4, -0.2) is 34.1 Å². The molecule has 1 saturated heterocycles. The maximum Gasteiger partial charge on any atom is 0.335 e. The van der Waals surface area contributed by atoms with Crippen LogP contribution in [0, 0.1) is 0 Å². The highest BCUT2D eigenvalue weighted by Crippen LogP contribution is 2.21. The Morgan fingerprint density at radius 3 is 2.61 bits per heavy atom. The SMILES string of the molecule is O=C(O)c1cccc(Nc2cc(N3CCCCCC3)ncn2)c1. The third kappa shape index (κ3) is 3.97. The molecule has 6 nitrogen and oxygen atoms in total. The summed E-state index contributed by atoms with van der Waals surface area (Å²) in [5, 5.41) is 12.2. The Labute approximate surface area is 135 Å². The Hall–Kier alpha value is -2.63. The smallest absolute Gasteiger partial charge is 0.335 e. The maximum atomic E-state index is 11.0. The lowest BCUT2D eigenvalue weighted by Gasteiger charge is -2.21. The highest BCUT2D eigenvalue weighted by atomic mass is 16.4. The number of aromatic nitrogens is 2. The summed E-state index contributed by atoms with van der Waals surface area (Å²) in [6, 6.07) is 8.60. The van der Waals surface area contributed by atoms with E-state index in [1.807, 2.05) is 12.1 Å². The number of carbonyl (C=O) groups is 1. The minimum atomic E-state index is -0.943. The Bertz CT molecular complexity index is 682. The molecule has 0 unspecified atom stereocenters. The van der Waals surface area contributed by atoms with Gasteiger partial charge in [-0.05, 0) is 31.0 Å². The molecule has 0 atom stereocenters. The van der Waals surface area contributed by atoms with E-state index in [0.717, 1.165) is 18.9 Å². The fourth-order valence-electron chi connectivity index (χ4n) is 2.77. The van der Waals surface area contributed by atoms with E-state index in [2.05, 4.69) is 20.2 Å². The van der Waals surface area contributed by atoms with Crippen LogP contribution >= 0.6 is 0 Å². The van der Waals surface area contributed by atoms with Crippen LogP contribution in [0.5, 0.6) is 0 Å². The minimum Gasteiger partial charge on any atom is -0.478 e. The number of rotatable bonds is 4. The fraction of sp³-hybridized carbons (Fsp3) is 0.353. The van der Waals surface area contributed by atoms with Crippen molar-refractivity contribution < 1.29 is 9.90 Å². The topological polar surface area (TPSA) is 78.4 Å². The van der Waals surface area contributed by atoms with Gasteiger partial charge in [0, 0.05) is 24.8 Å². The average Bonchev–Trinajstić information content (AvgIpc) is 2.85. The number of nitrogens with zero attached hydrogens (tertiary/aromatic N) is 3. The Balaban J connectivity index is 1.77. The summed E-state index contributed by atoms with van der Waals surface area (Å²) in [5.74, 6) is 0.641. The highest BCUT2D eigenvalue weighted by molar-refractivity contribution is 5.89. The van der Waals surface area contributed by atoms with Gasteiger partial charge in [0.25, 0.3) is 0 Å². The molecule has 0 aliphatic carbocycles. The normalized spacial score (nSPS) is 15.0. The van der Waals surface area contributed by atoms with Crippen LogP contribution in [0.3, 0.4) is 0 Å². The number of nitrogens with one attached hydrogen (secondary N) is 1. The van der Waals surface area contributed by atoms with Crippen LogP contribution in [0.15, 0.2) is 36.7 Å². The monoisotopic (exact) mass is 312 g/mol. The summed E-state index contributed by atoms with van der Waals surface area (Å²) in [4.78, 5) is 21.9. The van der Waals surface area contributed by atoms with Crippen molar-refractivity contribution in [1.82, 2.24) is 9.97 Å². The molecule has 2 aromatic rings. The molecule has 0 bridgehead atoms. The largest absolute Gasteiger partial charge is 0.478 e. The summed E-state index contributed by atoms with van der Waals surface area (Å²) >= 11 is 0. The molecular formula is C17H20N4O2. The van der Waals surface area contributed by atoms with Gasteiger partial charge in [-0.1, -0.05) is 18.9 Å². The number of anilines is 3. The van der Waals surface area contributed by atoms with Gasteiger partial charge in [0.15, 0.2) is 0 Å². The van der Waals surface area contributed by atoms with E-state index >= 15 is 0 Å². The number of hydrogen-bond donors (Lipinski definition) is 2. The lowest BCUT2D eigenvalue weighted by Crippen LogP contribution is -2.25. The van der Waals surface area contributed by atoms with E-state index in [1.165, 1.54) is 25.7 Å². The van der Waals surface area contributed by atoms with Crippen LogP contribution in [0.4, 0.5) is 17.3 Å².